The van der Waals surface area contributed by atoms with Crippen LogP contribution in [-0.4, -0.2) is 31.2 Å². The summed E-state index contributed by atoms with van der Waals surface area (Å²) in [7, 11) is 0. The molecule has 1 N–H and O–H groups in total. The summed E-state index contributed by atoms with van der Waals surface area (Å²) in [5.41, 5.74) is 1.37. The van der Waals surface area contributed by atoms with Gasteiger partial charge in [0.25, 0.3) is 5.89 Å². The summed E-state index contributed by atoms with van der Waals surface area (Å²) in [5.74, 6) is -0.405. The smallest absolute Gasteiger partial charge is 0.336 e. The van der Waals surface area contributed by atoms with Crippen LogP contribution in [0, 0.1) is 6.92 Å². The maximum Gasteiger partial charge on any atom is 0.336 e. The number of carboxylic acids is 1. The first kappa shape index (κ1) is 12.9. The molecule has 0 saturated heterocycles. The number of aromatic nitrogens is 4. The lowest BCUT2D eigenvalue weighted by Gasteiger charge is -1.99. The number of rotatable bonds is 3. The molecule has 0 aliphatic carbocycles. The maximum absolute atomic E-state index is 11.2. The van der Waals surface area contributed by atoms with Gasteiger partial charge < -0.3 is 9.63 Å². The van der Waals surface area contributed by atoms with Gasteiger partial charge in [0.15, 0.2) is 0 Å². The Kier molecular flexibility index (Phi) is 3.15. The van der Waals surface area contributed by atoms with Gasteiger partial charge in [-0.25, -0.2) is 14.8 Å². The summed E-state index contributed by atoms with van der Waals surface area (Å²) in [6, 6.07) is 6.42. The fourth-order valence-electron chi connectivity index (χ4n) is 1.79. The molecule has 0 fully saturated rings. The van der Waals surface area contributed by atoms with Crippen LogP contribution in [0.2, 0.25) is 0 Å². The summed E-state index contributed by atoms with van der Waals surface area (Å²) in [6.45, 7) is 1.87. The van der Waals surface area contributed by atoms with Crippen molar-refractivity contribution >= 4 is 5.97 Å². The van der Waals surface area contributed by atoms with Crippen molar-refractivity contribution in [3.8, 4) is 23.1 Å². The van der Waals surface area contributed by atoms with E-state index in [1.165, 1.54) is 6.07 Å². The second-order valence-electron chi connectivity index (χ2n) is 4.36. The van der Waals surface area contributed by atoms with Gasteiger partial charge in [-0.1, -0.05) is 17.3 Å². The van der Waals surface area contributed by atoms with E-state index in [4.69, 9.17) is 9.63 Å². The highest BCUT2D eigenvalue weighted by Gasteiger charge is 2.18. The minimum Gasteiger partial charge on any atom is -0.478 e. The van der Waals surface area contributed by atoms with Crippen LogP contribution >= 0.6 is 0 Å². The predicted octanol–water partition coefficient (Wildman–Crippen LogP) is 2.20. The van der Waals surface area contributed by atoms with Gasteiger partial charge in [-0.3, -0.25) is 0 Å². The molecule has 3 aromatic rings. The Hall–Kier alpha value is -3.09. The fourth-order valence-corrected chi connectivity index (χ4v) is 1.79. The average molecular weight is 282 g/mol. The third kappa shape index (κ3) is 2.48. The van der Waals surface area contributed by atoms with Gasteiger partial charge in [0, 0.05) is 12.4 Å². The number of aryl methyl sites for hydroxylation is 1. The number of hydrogen-bond acceptors (Lipinski definition) is 6. The lowest BCUT2D eigenvalue weighted by molar-refractivity contribution is 0.0697. The summed E-state index contributed by atoms with van der Waals surface area (Å²) >= 11 is 0. The number of carbonyl (C=O) groups is 1. The van der Waals surface area contributed by atoms with Crippen LogP contribution in [0.5, 0.6) is 0 Å². The molecule has 0 unspecified atom stereocenters. The Balaban J connectivity index is 2.03. The van der Waals surface area contributed by atoms with Crippen molar-refractivity contribution in [1.29, 1.82) is 0 Å². The highest BCUT2D eigenvalue weighted by molar-refractivity contribution is 5.94. The molecule has 1 aromatic carbocycles. The molecule has 0 saturated carbocycles. The number of benzene rings is 1. The Morgan fingerprint density at radius 3 is 2.57 bits per heavy atom. The molecule has 0 aliphatic rings. The zero-order chi connectivity index (χ0) is 14.8. The van der Waals surface area contributed by atoms with Gasteiger partial charge in [-0.15, -0.1) is 0 Å². The van der Waals surface area contributed by atoms with Gasteiger partial charge in [0.05, 0.1) is 11.1 Å². The normalized spacial score (nSPS) is 10.5. The number of nitrogens with zero attached hydrogens (tertiary/aromatic N) is 4. The molecular weight excluding hydrogens is 272 g/mol. The quantitative estimate of drug-likeness (QED) is 0.785. The van der Waals surface area contributed by atoms with E-state index in [0.29, 0.717) is 11.4 Å². The zero-order valence-electron chi connectivity index (χ0n) is 11.0. The van der Waals surface area contributed by atoms with Crippen molar-refractivity contribution in [1.82, 2.24) is 20.1 Å². The summed E-state index contributed by atoms with van der Waals surface area (Å²) in [5, 5.41) is 13.0. The number of carboxylic acid groups (broad SMARTS) is 1. The van der Waals surface area contributed by atoms with Gasteiger partial charge in [-0.05, 0) is 24.6 Å². The van der Waals surface area contributed by atoms with E-state index >= 15 is 0 Å². The molecule has 0 spiro atoms. The van der Waals surface area contributed by atoms with E-state index in [2.05, 4.69) is 20.1 Å². The molecule has 3 rings (SSSR count). The van der Waals surface area contributed by atoms with Gasteiger partial charge in [0.1, 0.15) is 0 Å². The Labute approximate surface area is 119 Å². The second-order valence-corrected chi connectivity index (χ2v) is 4.36. The average Bonchev–Trinajstić information content (AvgIpc) is 2.97. The lowest BCUT2D eigenvalue weighted by Crippen LogP contribution is -1.99. The predicted molar refractivity (Wildman–Crippen MR) is 72.5 cm³/mol. The third-order valence-electron chi connectivity index (χ3n) is 2.79. The first-order chi connectivity index (χ1) is 10.1. The molecule has 0 radical (unpaired) electrons. The summed E-state index contributed by atoms with van der Waals surface area (Å²) < 4.78 is 5.12. The molecule has 104 valence electrons. The topological polar surface area (TPSA) is 102 Å². The van der Waals surface area contributed by atoms with Gasteiger partial charge in [0.2, 0.25) is 11.6 Å². The summed E-state index contributed by atoms with van der Waals surface area (Å²) in [6.07, 6.45) is 3.28. The van der Waals surface area contributed by atoms with Gasteiger partial charge >= 0.3 is 5.97 Å². The van der Waals surface area contributed by atoms with Crippen molar-refractivity contribution in [3.05, 3.63) is 47.8 Å². The molecule has 7 heteroatoms. The Bertz CT molecular complexity index is 796. The van der Waals surface area contributed by atoms with E-state index in [1.807, 2.05) is 6.92 Å². The van der Waals surface area contributed by atoms with Crippen LogP contribution in [0.3, 0.4) is 0 Å². The molecule has 0 aliphatic heterocycles. The highest BCUT2D eigenvalue weighted by Crippen LogP contribution is 2.23. The van der Waals surface area contributed by atoms with E-state index in [9.17, 15) is 4.79 Å². The maximum atomic E-state index is 11.2. The van der Waals surface area contributed by atoms with Crippen LogP contribution in [0.25, 0.3) is 23.1 Å². The Morgan fingerprint density at radius 2 is 1.86 bits per heavy atom. The van der Waals surface area contributed by atoms with E-state index in [1.54, 1.807) is 30.6 Å². The largest absolute Gasteiger partial charge is 0.478 e. The van der Waals surface area contributed by atoms with E-state index in [0.717, 1.165) is 5.56 Å². The van der Waals surface area contributed by atoms with Gasteiger partial charge in [-0.2, -0.15) is 4.98 Å². The van der Waals surface area contributed by atoms with E-state index < -0.39 is 5.97 Å². The van der Waals surface area contributed by atoms with Crippen LogP contribution in [0.1, 0.15) is 15.9 Å². The minimum absolute atomic E-state index is 0.0949. The zero-order valence-corrected chi connectivity index (χ0v) is 11.0. The first-order valence-corrected chi connectivity index (χ1v) is 6.10. The molecule has 0 atom stereocenters. The van der Waals surface area contributed by atoms with Crippen molar-refractivity contribution in [2.45, 2.75) is 6.92 Å². The third-order valence-corrected chi connectivity index (χ3v) is 2.79. The second kappa shape index (κ2) is 5.12. The summed E-state index contributed by atoms with van der Waals surface area (Å²) in [4.78, 5) is 23.6. The molecule has 2 aromatic heterocycles. The van der Waals surface area contributed by atoms with Crippen molar-refractivity contribution < 1.29 is 14.4 Å². The lowest BCUT2D eigenvalue weighted by atomic mass is 10.1. The molecule has 21 heavy (non-hydrogen) atoms. The molecular formula is C14H10N4O3. The van der Waals surface area contributed by atoms with Crippen molar-refractivity contribution in [2.75, 3.05) is 0 Å². The van der Waals surface area contributed by atoms with E-state index in [-0.39, 0.29) is 17.3 Å². The molecule has 0 bridgehead atoms. The fraction of sp³-hybridized carbons (Fsp3) is 0.0714. The molecule has 0 amide bonds. The monoisotopic (exact) mass is 282 g/mol. The minimum atomic E-state index is -1.06. The van der Waals surface area contributed by atoms with Crippen LogP contribution in [0.15, 0.2) is 41.2 Å². The SMILES string of the molecule is Cc1cnc(-c2noc(-c3ccccc3C(=O)O)n2)nc1. The first-order valence-electron chi connectivity index (χ1n) is 6.10. The molecule has 7 nitrogen and oxygen atoms in total. The van der Waals surface area contributed by atoms with Crippen LogP contribution < -0.4 is 0 Å². The standard InChI is InChI=1S/C14H10N4O3/c1-8-6-15-11(16-7-8)12-17-13(21-18-12)9-4-2-3-5-10(9)14(19)20/h2-7H,1H3,(H,19,20). The highest BCUT2D eigenvalue weighted by atomic mass is 16.5. The van der Waals surface area contributed by atoms with Crippen molar-refractivity contribution in [3.63, 3.8) is 0 Å². The van der Waals surface area contributed by atoms with Crippen LogP contribution in [-0.2, 0) is 0 Å². The van der Waals surface area contributed by atoms with Crippen LogP contribution in [0.4, 0.5) is 0 Å². The van der Waals surface area contributed by atoms with Crippen molar-refractivity contribution in [2.24, 2.45) is 0 Å². The number of hydrogen-bond donors (Lipinski definition) is 1. The number of aromatic carboxylic acids is 1. The Morgan fingerprint density at radius 1 is 1.14 bits per heavy atom. The molecule has 2 heterocycles.